The highest BCUT2D eigenvalue weighted by atomic mass is 16.2. The van der Waals surface area contributed by atoms with E-state index in [4.69, 9.17) is 0 Å². The van der Waals surface area contributed by atoms with Gasteiger partial charge in [-0.05, 0) is 57.1 Å². The molecule has 5 nitrogen and oxygen atoms in total. The van der Waals surface area contributed by atoms with Crippen molar-refractivity contribution < 1.29 is 9.59 Å². The zero-order chi connectivity index (χ0) is 16.6. The molecule has 0 radical (unpaired) electrons. The van der Waals surface area contributed by atoms with E-state index in [0.717, 1.165) is 37.2 Å². The zero-order valence-corrected chi connectivity index (χ0v) is 14.1. The number of fused-ring (bicyclic) bond motifs is 1. The lowest BCUT2D eigenvalue weighted by Gasteiger charge is -2.43. The molecule has 1 saturated carbocycles. The van der Waals surface area contributed by atoms with Crippen LogP contribution in [0.4, 0.5) is 0 Å². The molecule has 2 heterocycles. The van der Waals surface area contributed by atoms with Gasteiger partial charge in [0.15, 0.2) is 0 Å². The van der Waals surface area contributed by atoms with Crippen LogP contribution in [-0.4, -0.2) is 34.1 Å². The highest BCUT2D eigenvalue weighted by Gasteiger charge is 2.46. The summed E-state index contributed by atoms with van der Waals surface area (Å²) in [6, 6.07) is 0.221. The lowest BCUT2D eigenvalue weighted by Crippen LogP contribution is -2.61. The van der Waals surface area contributed by atoms with E-state index in [-0.39, 0.29) is 24.3 Å². The van der Waals surface area contributed by atoms with Crippen LogP contribution in [0, 0.1) is 5.92 Å². The average Bonchev–Trinajstić information content (AvgIpc) is 2.50. The number of carbonyl (C=O) groups is 2. The Hall–Kier alpha value is -1.91. The van der Waals surface area contributed by atoms with Gasteiger partial charge in [-0.1, -0.05) is 13.0 Å². The van der Waals surface area contributed by atoms with E-state index in [2.05, 4.69) is 17.2 Å². The zero-order valence-electron chi connectivity index (χ0n) is 14.1. The normalized spacial score (nSPS) is 33.7. The van der Waals surface area contributed by atoms with Gasteiger partial charge in [0, 0.05) is 12.2 Å². The summed E-state index contributed by atoms with van der Waals surface area (Å²) >= 11 is 0. The van der Waals surface area contributed by atoms with Crippen molar-refractivity contribution >= 4 is 17.6 Å². The van der Waals surface area contributed by atoms with Gasteiger partial charge in [-0.3, -0.25) is 9.59 Å². The lowest BCUT2D eigenvalue weighted by atomic mass is 9.85. The van der Waals surface area contributed by atoms with Crippen LogP contribution in [0.2, 0.25) is 0 Å². The van der Waals surface area contributed by atoms with E-state index in [1.165, 1.54) is 0 Å². The highest BCUT2D eigenvalue weighted by Crippen LogP contribution is 2.30. The molecule has 1 atom stereocenters. The first-order valence-electron chi connectivity index (χ1n) is 8.47. The highest BCUT2D eigenvalue weighted by molar-refractivity contribution is 6.09. The fraction of sp³-hybridized carbons (Fsp3) is 0.611. The van der Waals surface area contributed by atoms with Crippen molar-refractivity contribution in [2.45, 2.75) is 64.5 Å². The minimum atomic E-state index is -0.900. The molecular weight excluding hydrogens is 290 g/mol. The van der Waals surface area contributed by atoms with Crippen molar-refractivity contribution in [3.05, 3.63) is 23.9 Å². The summed E-state index contributed by atoms with van der Waals surface area (Å²) in [5.41, 5.74) is 0.146. The Labute approximate surface area is 137 Å². The Morgan fingerprint density at radius 1 is 1.30 bits per heavy atom. The molecule has 2 aliphatic heterocycles. The predicted octanol–water partition coefficient (Wildman–Crippen LogP) is 2.54. The summed E-state index contributed by atoms with van der Waals surface area (Å²) in [5, 5.41) is 3.18. The molecule has 3 rings (SSSR count). The first-order valence-corrected chi connectivity index (χ1v) is 8.47. The van der Waals surface area contributed by atoms with Gasteiger partial charge in [0.2, 0.25) is 5.91 Å². The first-order chi connectivity index (χ1) is 10.9. The number of carbonyl (C=O) groups excluding carboxylic acids is 2. The Balaban J connectivity index is 1.79. The number of nitrogens with zero attached hydrogens (tertiary/aromatic N) is 2. The summed E-state index contributed by atoms with van der Waals surface area (Å²) < 4.78 is 0. The van der Waals surface area contributed by atoms with Crippen LogP contribution < -0.4 is 5.32 Å². The molecule has 1 aliphatic carbocycles. The Bertz CT molecular complexity index is 612. The van der Waals surface area contributed by atoms with Gasteiger partial charge >= 0.3 is 0 Å². The molecule has 0 aromatic carbocycles. The van der Waals surface area contributed by atoms with Gasteiger partial charge in [-0.25, -0.2) is 0 Å². The fourth-order valence-electron chi connectivity index (χ4n) is 3.57. The predicted molar refractivity (Wildman–Crippen MR) is 89.8 cm³/mol. The van der Waals surface area contributed by atoms with Crippen LogP contribution in [0.5, 0.6) is 0 Å². The van der Waals surface area contributed by atoms with Gasteiger partial charge in [-0.2, -0.15) is 4.99 Å². The van der Waals surface area contributed by atoms with E-state index in [1.54, 1.807) is 6.08 Å². The summed E-state index contributed by atoms with van der Waals surface area (Å²) in [7, 11) is 0. The fourth-order valence-corrected chi connectivity index (χ4v) is 3.57. The van der Waals surface area contributed by atoms with Crippen LogP contribution in [0.25, 0.3) is 0 Å². The molecule has 23 heavy (non-hydrogen) atoms. The van der Waals surface area contributed by atoms with Crippen LogP contribution in [0.15, 0.2) is 28.9 Å². The van der Waals surface area contributed by atoms with Gasteiger partial charge in [-0.15, -0.1) is 0 Å². The van der Waals surface area contributed by atoms with E-state index in [9.17, 15) is 9.59 Å². The second-order valence-electron chi connectivity index (χ2n) is 7.32. The van der Waals surface area contributed by atoms with Crippen molar-refractivity contribution in [1.82, 2.24) is 10.2 Å². The number of aliphatic imine (C=N–C) groups is 1. The van der Waals surface area contributed by atoms with Gasteiger partial charge < -0.3 is 10.2 Å². The Morgan fingerprint density at radius 2 is 2.00 bits per heavy atom. The SMILES string of the molecule is CC1=CN2C(=NC(=O)CC2(C)C(=O)NC2CCC(C)CC2)C=C1. The lowest BCUT2D eigenvalue weighted by molar-refractivity contribution is -0.135. The molecule has 0 aromatic rings. The molecule has 0 aromatic heterocycles. The maximum absolute atomic E-state index is 13.0. The van der Waals surface area contributed by atoms with Crippen molar-refractivity contribution in [2.75, 3.05) is 0 Å². The van der Waals surface area contributed by atoms with Crippen LogP contribution in [0.3, 0.4) is 0 Å². The molecule has 0 spiro atoms. The van der Waals surface area contributed by atoms with Crippen LogP contribution >= 0.6 is 0 Å². The summed E-state index contributed by atoms with van der Waals surface area (Å²) in [6.45, 7) is 6.07. The average molecular weight is 315 g/mol. The maximum Gasteiger partial charge on any atom is 0.250 e. The minimum absolute atomic E-state index is 0.0721. The summed E-state index contributed by atoms with van der Waals surface area (Å²) in [4.78, 5) is 30.9. The number of amides is 2. The smallest absolute Gasteiger partial charge is 0.250 e. The minimum Gasteiger partial charge on any atom is -0.351 e. The van der Waals surface area contributed by atoms with Crippen molar-refractivity contribution in [2.24, 2.45) is 10.9 Å². The molecule has 1 fully saturated rings. The third kappa shape index (κ3) is 3.09. The molecule has 1 unspecified atom stereocenters. The van der Waals surface area contributed by atoms with Crippen molar-refractivity contribution in [3.8, 4) is 0 Å². The quantitative estimate of drug-likeness (QED) is 0.852. The molecule has 0 bridgehead atoms. The number of rotatable bonds is 2. The van der Waals surface area contributed by atoms with E-state index in [0.29, 0.717) is 5.84 Å². The third-order valence-corrected chi connectivity index (χ3v) is 5.18. The maximum atomic E-state index is 13.0. The number of nitrogens with one attached hydrogen (secondary N) is 1. The number of amidine groups is 1. The van der Waals surface area contributed by atoms with E-state index < -0.39 is 5.54 Å². The van der Waals surface area contributed by atoms with E-state index >= 15 is 0 Å². The standard InChI is InChI=1S/C18H25N3O2/c1-12-4-7-14(8-5-12)19-17(23)18(3)10-16(22)20-15-9-6-13(2)11-21(15)18/h6,9,11-12,14H,4-5,7-8,10H2,1-3H3,(H,19,23). The van der Waals surface area contributed by atoms with Gasteiger partial charge in [0.1, 0.15) is 11.4 Å². The molecule has 3 aliphatic rings. The van der Waals surface area contributed by atoms with Crippen LogP contribution in [-0.2, 0) is 9.59 Å². The number of allylic oxidation sites excluding steroid dienone is 2. The third-order valence-electron chi connectivity index (χ3n) is 5.18. The van der Waals surface area contributed by atoms with Crippen LogP contribution in [0.1, 0.15) is 52.9 Å². The number of hydrogen-bond donors (Lipinski definition) is 1. The second kappa shape index (κ2) is 5.95. The summed E-state index contributed by atoms with van der Waals surface area (Å²) in [5.74, 6) is 0.995. The topological polar surface area (TPSA) is 61.8 Å². The van der Waals surface area contributed by atoms with Crippen molar-refractivity contribution in [1.29, 1.82) is 0 Å². The molecular formula is C18H25N3O2. The second-order valence-corrected chi connectivity index (χ2v) is 7.32. The molecule has 1 N–H and O–H groups in total. The monoisotopic (exact) mass is 315 g/mol. The van der Waals surface area contributed by atoms with Gasteiger partial charge in [0.05, 0.1) is 6.42 Å². The molecule has 2 amide bonds. The summed E-state index contributed by atoms with van der Waals surface area (Å²) in [6.07, 6.45) is 10.1. The molecule has 0 saturated heterocycles. The van der Waals surface area contributed by atoms with Crippen molar-refractivity contribution in [3.63, 3.8) is 0 Å². The Kier molecular flexibility index (Phi) is 4.13. The molecule has 124 valence electrons. The molecule has 5 heteroatoms. The first kappa shape index (κ1) is 16.0. The van der Waals surface area contributed by atoms with E-state index in [1.807, 2.05) is 31.0 Å². The number of hydrogen-bond acceptors (Lipinski definition) is 3. The van der Waals surface area contributed by atoms with Gasteiger partial charge in [0.25, 0.3) is 5.91 Å². The Morgan fingerprint density at radius 3 is 2.70 bits per heavy atom. The largest absolute Gasteiger partial charge is 0.351 e.